The second-order valence-electron chi connectivity index (χ2n) is 5.30. The van der Waals surface area contributed by atoms with Crippen molar-refractivity contribution in [2.24, 2.45) is 0 Å². The fourth-order valence-electron chi connectivity index (χ4n) is 2.69. The van der Waals surface area contributed by atoms with Gasteiger partial charge >= 0.3 is 11.9 Å². The summed E-state index contributed by atoms with van der Waals surface area (Å²) >= 11 is 0. The second-order valence-corrected chi connectivity index (χ2v) is 5.30. The van der Waals surface area contributed by atoms with Crippen LogP contribution in [0.5, 0.6) is 5.75 Å². The van der Waals surface area contributed by atoms with E-state index in [1.54, 1.807) is 61.7 Å². The van der Waals surface area contributed by atoms with E-state index in [0.717, 1.165) is 5.56 Å². The molecule has 118 valence electrons. The van der Waals surface area contributed by atoms with Crippen LogP contribution in [-0.4, -0.2) is 19.0 Å². The van der Waals surface area contributed by atoms with Gasteiger partial charge in [-0.3, -0.25) is 0 Å². The van der Waals surface area contributed by atoms with Crippen molar-refractivity contribution in [2.45, 2.75) is 0 Å². The van der Waals surface area contributed by atoms with Crippen LogP contribution in [0.4, 0.5) is 0 Å². The molecule has 2 aromatic rings. The first-order chi connectivity index (χ1) is 11.7. The van der Waals surface area contributed by atoms with Crippen LogP contribution in [0.25, 0.3) is 11.5 Å². The van der Waals surface area contributed by atoms with E-state index < -0.39 is 11.9 Å². The van der Waals surface area contributed by atoms with Crippen LogP contribution < -0.4 is 4.74 Å². The molecule has 2 heterocycles. The highest BCUT2D eigenvalue weighted by molar-refractivity contribution is 6.12. The molecule has 0 fully saturated rings. The van der Waals surface area contributed by atoms with Crippen LogP contribution >= 0.6 is 0 Å². The predicted octanol–water partition coefficient (Wildman–Crippen LogP) is 3.17. The van der Waals surface area contributed by atoms with Crippen molar-refractivity contribution in [3.8, 4) is 5.75 Å². The van der Waals surface area contributed by atoms with Gasteiger partial charge in [0.1, 0.15) is 17.1 Å². The average Bonchev–Trinajstić information content (AvgIpc) is 3.16. The van der Waals surface area contributed by atoms with Gasteiger partial charge in [-0.2, -0.15) is 0 Å². The van der Waals surface area contributed by atoms with Gasteiger partial charge in [0.05, 0.1) is 12.7 Å². The smallest absolute Gasteiger partial charge is 0.347 e. The van der Waals surface area contributed by atoms with Crippen LogP contribution in [0.15, 0.2) is 60.2 Å². The van der Waals surface area contributed by atoms with Gasteiger partial charge in [0.15, 0.2) is 5.76 Å². The summed E-state index contributed by atoms with van der Waals surface area (Å²) in [7, 11) is 1.58. The molecule has 0 saturated carbocycles. The van der Waals surface area contributed by atoms with Gasteiger partial charge in [-0.05, 0) is 36.4 Å². The number of esters is 2. The molecule has 0 N–H and O–H groups in total. The molecule has 2 aliphatic rings. The Hall–Kier alpha value is -3.34. The van der Waals surface area contributed by atoms with E-state index in [9.17, 15) is 9.59 Å². The van der Waals surface area contributed by atoms with Crippen LogP contribution in [0.3, 0.4) is 0 Å². The molecule has 5 heteroatoms. The molecule has 0 unspecified atom stereocenters. The summed E-state index contributed by atoms with van der Waals surface area (Å²) in [6.45, 7) is 0. The van der Waals surface area contributed by atoms with E-state index >= 15 is 0 Å². The molecule has 24 heavy (non-hydrogen) atoms. The van der Waals surface area contributed by atoms with Gasteiger partial charge in [-0.25, -0.2) is 9.59 Å². The van der Waals surface area contributed by atoms with Gasteiger partial charge < -0.3 is 14.2 Å². The molecular weight excluding hydrogens is 308 g/mol. The van der Waals surface area contributed by atoms with Gasteiger partial charge in [0, 0.05) is 11.1 Å². The van der Waals surface area contributed by atoms with Crippen molar-refractivity contribution in [3.05, 3.63) is 76.9 Å². The normalized spacial score (nSPS) is 18.8. The standard InChI is InChI=1S/C19H12O5/c1-22-12-8-6-11(7-9-12)16-10-15(19(21)23-16)17-13-4-2-3-5-14(13)18(20)24-17/h2-10H,1H3. The number of methoxy groups -OCH3 is 1. The first-order valence-electron chi connectivity index (χ1n) is 7.31. The van der Waals surface area contributed by atoms with Crippen molar-refractivity contribution in [1.29, 1.82) is 0 Å². The van der Waals surface area contributed by atoms with Crippen molar-refractivity contribution < 1.29 is 23.8 Å². The van der Waals surface area contributed by atoms with Gasteiger partial charge in [-0.15, -0.1) is 0 Å². The second kappa shape index (κ2) is 5.38. The summed E-state index contributed by atoms with van der Waals surface area (Å²) in [6.07, 6.45) is 1.59. The van der Waals surface area contributed by atoms with Crippen LogP contribution in [0.2, 0.25) is 0 Å². The molecule has 5 nitrogen and oxygen atoms in total. The largest absolute Gasteiger partial charge is 0.497 e. The molecule has 0 radical (unpaired) electrons. The maximum absolute atomic E-state index is 12.2. The van der Waals surface area contributed by atoms with Gasteiger partial charge in [0.2, 0.25) is 0 Å². The first-order valence-corrected chi connectivity index (χ1v) is 7.31. The minimum atomic E-state index is -0.541. The Morgan fingerprint density at radius 2 is 1.54 bits per heavy atom. The molecule has 0 aromatic heterocycles. The lowest BCUT2D eigenvalue weighted by Gasteiger charge is -2.03. The zero-order valence-electron chi connectivity index (χ0n) is 12.7. The Morgan fingerprint density at radius 3 is 2.25 bits per heavy atom. The van der Waals surface area contributed by atoms with E-state index in [1.165, 1.54) is 0 Å². The zero-order chi connectivity index (χ0) is 16.7. The maximum Gasteiger partial charge on any atom is 0.347 e. The van der Waals surface area contributed by atoms with E-state index in [-0.39, 0.29) is 11.3 Å². The Morgan fingerprint density at radius 1 is 0.833 bits per heavy atom. The van der Waals surface area contributed by atoms with E-state index in [1.807, 2.05) is 0 Å². The highest BCUT2D eigenvalue weighted by Gasteiger charge is 2.34. The summed E-state index contributed by atoms with van der Waals surface area (Å²) in [5, 5.41) is 0. The highest BCUT2D eigenvalue weighted by atomic mass is 16.6. The molecule has 4 rings (SSSR count). The fraction of sp³-hybridized carbons (Fsp3) is 0.0526. The summed E-state index contributed by atoms with van der Waals surface area (Å²) in [5.74, 6) is 0.350. The Kier molecular flexibility index (Phi) is 3.20. The zero-order valence-corrected chi connectivity index (χ0v) is 12.7. The lowest BCUT2D eigenvalue weighted by Crippen LogP contribution is -2.01. The number of fused-ring (bicyclic) bond motifs is 1. The Labute approximate surface area is 137 Å². The number of cyclic esters (lactones) is 2. The predicted molar refractivity (Wildman–Crippen MR) is 85.8 cm³/mol. The van der Waals surface area contributed by atoms with Gasteiger partial charge in [0.25, 0.3) is 0 Å². The molecule has 0 atom stereocenters. The summed E-state index contributed by atoms with van der Waals surface area (Å²) in [4.78, 5) is 24.2. The highest BCUT2D eigenvalue weighted by Crippen LogP contribution is 2.37. The minimum Gasteiger partial charge on any atom is -0.497 e. The molecule has 0 spiro atoms. The monoisotopic (exact) mass is 320 g/mol. The van der Waals surface area contributed by atoms with Crippen LogP contribution in [0.1, 0.15) is 21.5 Å². The number of hydrogen-bond acceptors (Lipinski definition) is 5. The van der Waals surface area contributed by atoms with E-state index in [2.05, 4.69) is 0 Å². The number of ether oxygens (including phenoxy) is 3. The maximum atomic E-state index is 12.2. The molecule has 0 aliphatic carbocycles. The molecule has 0 bridgehead atoms. The summed E-state index contributed by atoms with van der Waals surface area (Å²) < 4.78 is 15.7. The van der Waals surface area contributed by atoms with Crippen molar-refractivity contribution in [1.82, 2.24) is 0 Å². The molecule has 2 aliphatic heterocycles. The van der Waals surface area contributed by atoms with Gasteiger partial charge in [-0.1, -0.05) is 18.2 Å². The third-order valence-corrected chi connectivity index (χ3v) is 3.90. The molecule has 0 amide bonds. The van der Waals surface area contributed by atoms with Crippen molar-refractivity contribution in [2.75, 3.05) is 7.11 Å². The molecular formula is C19H12O5. The Bertz CT molecular complexity index is 919. The number of carbonyl (C=O) groups excluding carboxylic acids is 2. The lowest BCUT2D eigenvalue weighted by atomic mass is 10.0. The number of rotatable bonds is 2. The quantitative estimate of drug-likeness (QED) is 0.628. The number of hydrogen-bond donors (Lipinski definition) is 0. The fourth-order valence-corrected chi connectivity index (χ4v) is 2.69. The summed E-state index contributed by atoms with van der Waals surface area (Å²) in [5.41, 5.74) is 2.01. The first kappa shape index (κ1) is 14.3. The molecule has 0 saturated heterocycles. The van der Waals surface area contributed by atoms with Crippen molar-refractivity contribution in [3.63, 3.8) is 0 Å². The molecule has 2 aromatic carbocycles. The summed E-state index contributed by atoms with van der Waals surface area (Å²) in [6, 6.07) is 14.1. The van der Waals surface area contributed by atoms with Crippen LogP contribution in [0, 0.1) is 0 Å². The van der Waals surface area contributed by atoms with E-state index in [0.29, 0.717) is 22.6 Å². The Balaban J connectivity index is 1.78. The topological polar surface area (TPSA) is 61.8 Å². The van der Waals surface area contributed by atoms with E-state index in [4.69, 9.17) is 14.2 Å². The number of carbonyl (C=O) groups is 2. The third kappa shape index (κ3) is 2.18. The SMILES string of the molecule is COc1ccc(C2=CC(=C3OC(=O)c4ccccc43)C(=O)O2)cc1. The number of benzene rings is 2. The minimum absolute atomic E-state index is 0.235. The van der Waals surface area contributed by atoms with Crippen molar-refractivity contribution >= 4 is 23.5 Å². The third-order valence-electron chi connectivity index (χ3n) is 3.90. The lowest BCUT2D eigenvalue weighted by molar-refractivity contribution is -0.130. The average molecular weight is 320 g/mol. The van der Waals surface area contributed by atoms with Crippen LogP contribution in [-0.2, 0) is 14.3 Å².